The second-order valence-corrected chi connectivity index (χ2v) is 6.09. The SMILES string of the molecule is CCN(CC)C(C)(CC)C(N)Cc1cc(Cl)ccc1OC. The first kappa shape index (κ1) is 18.3. The van der Waals surface area contributed by atoms with Gasteiger partial charge in [0.05, 0.1) is 7.11 Å². The van der Waals surface area contributed by atoms with E-state index >= 15 is 0 Å². The number of likely N-dealkylation sites (N-methyl/N-ethyl adjacent to an activating group) is 1. The molecule has 1 aromatic carbocycles. The molecule has 0 aliphatic carbocycles. The van der Waals surface area contributed by atoms with Gasteiger partial charge in [-0.2, -0.15) is 0 Å². The summed E-state index contributed by atoms with van der Waals surface area (Å²) in [5, 5.41) is 0.721. The molecule has 1 aromatic rings. The van der Waals surface area contributed by atoms with Crippen molar-refractivity contribution in [1.29, 1.82) is 0 Å². The maximum atomic E-state index is 6.58. The molecule has 0 saturated heterocycles. The van der Waals surface area contributed by atoms with Crippen molar-refractivity contribution in [1.82, 2.24) is 4.90 Å². The molecule has 3 nitrogen and oxygen atoms in total. The molecule has 2 unspecified atom stereocenters. The van der Waals surface area contributed by atoms with Crippen LogP contribution in [0.3, 0.4) is 0 Å². The van der Waals surface area contributed by atoms with Crippen molar-refractivity contribution in [2.75, 3.05) is 20.2 Å². The van der Waals surface area contributed by atoms with Gasteiger partial charge in [0.1, 0.15) is 5.75 Å². The highest BCUT2D eigenvalue weighted by molar-refractivity contribution is 6.30. The van der Waals surface area contributed by atoms with Gasteiger partial charge in [0.25, 0.3) is 0 Å². The molecule has 4 heteroatoms. The minimum Gasteiger partial charge on any atom is -0.496 e. The van der Waals surface area contributed by atoms with Crippen molar-refractivity contribution in [3.05, 3.63) is 28.8 Å². The lowest BCUT2D eigenvalue weighted by Gasteiger charge is -2.44. The average Bonchev–Trinajstić information content (AvgIpc) is 2.48. The molecule has 0 aromatic heterocycles. The van der Waals surface area contributed by atoms with Gasteiger partial charge >= 0.3 is 0 Å². The zero-order valence-corrected chi connectivity index (χ0v) is 14.7. The Kier molecular flexibility index (Phi) is 6.98. The fraction of sp³-hybridized carbons (Fsp3) is 0.647. The van der Waals surface area contributed by atoms with Gasteiger partial charge in [0, 0.05) is 16.6 Å². The van der Waals surface area contributed by atoms with E-state index in [1.165, 1.54) is 0 Å². The Balaban J connectivity index is 3.02. The third-order valence-electron chi connectivity index (χ3n) is 4.68. The van der Waals surface area contributed by atoms with Gasteiger partial charge in [-0.05, 0) is 56.6 Å². The summed E-state index contributed by atoms with van der Waals surface area (Å²) >= 11 is 6.12. The predicted molar refractivity (Wildman–Crippen MR) is 91.3 cm³/mol. The minimum absolute atomic E-state index is 0.0229. The molecule has 0 heterocycles. The number of benzene rings is 1. The van der Waals surface area contributed by atoms with E-state index in [-0.39, 0.29) is 11.6 Å². The van der Waals surface area contributed by atoms with Crippen LogP contribution in [0.2, 0.25) is 5.02 Å². The number of halogens is 1. The lowest BCUT2D eigenvalue weighted by Crippen LogP contribution is -2.58. The van der Waals surface area contributed by atoms with Crippen LogP contribution in [0.1, 0.15) is 39.7 Å². The highest BCUT2D eigenvalue weighted by atomic mass is 35.5. The Bertz CT molecular complexity index is 448. The summed E-state index contributed by atoms with van der Waals surface area (Å²) < 4.78 is 5.43. The summed E-state index contributed by atoms with van der Waals surface area (Å²) in [5.41, 5.74) is 7.62. The molecule has 0 saturated carbocycles. The first-order chi connectivity index (χ1) is 9.92. The Hall–Kier alpha value is -0.770. The summed E-state index contributed by atoms with van der Waals surface area (Å²) in [6.07, 6.45) is 1.77. The number of ether oxygens (including phenoxy) is 1. The highest BCUT2D eigenvalue weighted by Gasteiger charge is 2.35. The number of rotatable bonds is 8. The van der Waals surface area contributed by atoms with Crippen LogP contribution < -0.4 is 10.5 Å². The van der Waals surface area contributed by atoms with Gasteiger partial charge in [-0.3, -0.25) is 4.90 Å². The fourth-order valence-electron chi connectivity index (χ4n) is 3.03. The molecule has 0 aliphatic rings. The van der Waals surface area contributed by atoms with Gasteiger partial charge in [-0.25, -0.2) is 0 Å². The summed E-state index contributed by atoms with van der Waals surface area (Å²) in [4.78, 5) is 2.44. The second kappa shape index (κ2) is 8.02. The van der Waals surface area contributed by atoms with E-state index in [1.807, 2.05) is 18.2 Å². The topological polar surface area (TPSA) is 38.5 Å². The van der Waals surface area contributed by atoms with Crippen LogP contribution in [0.4, 0.5) is 0 Å². The molecule has 0 aliphatic heterocycles. The lowest BCUT2D eigenvalue weighted by atomic mass is 9.84. The van der Waals surface area contributed by atoms with Crippen LogP contribution in [0, 0.1) is 0 Å². The monoisotopic (exact) mass is 312 g/mol. The molecule has 2 N–H and O–H groups in total. The normalized spacial score (nSPS) is 15.8. The van der Waals surface area contributed by atoms with Crippen LogP contribution in [-0.2, 0) is 6.42 Å². The standard InChI is InChI=1S/C17H29ClN2O/c1-6-17(4,20(7-2)8-3)16(19)12-13-11-14(18)9-10-15(13)21-5/h9-11,16H,6-8,12,19H2,1-5H3. The van der Waals surface area contributed by atoms with Crippen molar-refractivity contribution in [2.45, 2.75) is 52.1 Å². The van der Waals surface area contributed by atoms with Gasteiger partial charge in [-0.15, -0.1) is 0 Å². The quantitative estimate of drug-likeness (QED) is 0.795. The number of hydrogen-bond donors (Lipinski definition) is 1. The van der Waals surface area contributed by atoms with E-state index < -0.39 is 0 Å². The summed E-state index contributed by atoms with van der Waals surface area (Å²) in [6.45, 7) is 10.8. The average molecular weight is 313 g/mol. The number of nitrogens with zero attached hydrogens (tertiary/aromatic N) is 1. The van der Waals surface area contributed by atoms with E-state index in [1.54, 1.807) is 7.11 Å². The van der Waals surface area contributed by atoms with Crippen LogP contribution in [-0.4, -0.2) is 36.7 Å². The Labute approximate surface area is 134 Å². The molecule has 0 fully saturated rings. The summed E-state index contributed by atoms with van der Waals surface area (Å²) in [5.74, 6) is 0.854. The molecular formula is C17H29ClN2O. The fourth-order valence-corrected chi connectivity index (χ4v) is 3.22. The second-order valence-electron chi connectivity index (χ2n) is 5.65. The van der Waals surface area contributed by atoms with E-state index in [4.69, 9.17) is 22.1 Å². The van der Waals surface area contributed by atoms with E-state index in [9.17, 15) is 0 Å². The smallest absolute Gasteiger partial charge is 0.122 e. The van der Waals surface area contributed by atoms with Crippen molar-refractivity contribution < 1.29 is 4.74 Å². The number of methoxy groups -OCH3 is 1. The minimum atomic E-state index is -0.0309. The molecule has 0 spiro atoms. The number of hydrogen-bond acceptors (Lipinski definition) is 3. The van der Waals surface area contributed by atoms with Gasteiger partial charge in [0.15, 0.2) is 0 Å². The van der Waals surface area contributed by atoms with Crippen LogP contribution in [0.5, 0.6) is 5.75 Å². The van der Waals surface area contributed by atoms with Crippen LogP contribution >= 0.6 is 11.6 Å². The molecule has 21 heavy (non-hydrogen) atoms. The molecule has 120 valence electrons. The Morgan fingerprint density at radius 3 is 2.38 bits per heavy atom. The van der Waals surface area contributed by atoms with Crippen molar-refractivity contribution >= 4 is 11.6 Å². The maximum absolute atomic E-state index is 6.58. The molecular weight excluding hydrogens is 284 g/mol. The molecule has 0 bridgehead atoms. The third kappa shape index (κ3) is 4.12. The van der Waals surface area contributed by atoms with Crippen molar-refractivity contribution in [2.24, 2.45) is 5.73 Å². The van der Waals surface area contributed by atoms with Gasteiger partial charge in [0.2, 0.25) is 0 Å². The first-order valence-electron chi connectivity index (χ1n) is 7.75. The molecule has 0 radical (unpaired) electrons. The molecule has 2 atom stereocenters. The van der Waals surface area contributed by atoms with E-state index in [0.29, 0.717) is 0 Å². The first-order valence-corrected chi connectivity index (χ1v) is 8.13. The predicted octanol–water partition coefficient (Wildman–Crippen LogP) is 3.73. The lowest BCUT2D eigenvalue weighted by molar-refractivity contribution is 0.0843. The van der Waals surface area contributed by atoms with Gasteiger partial charge < -0.3 is 10.5 Å². The summed E-state index contributed by atoms with van der Waals surface area (Å²) in [6, 6.07) is 5.73. The Morgan fingerprint density at radius 2 is 1.90 bits per heavy atom. The highest BCUT2D eigenvalue weighted by Crippen LogP contribution is 2.29. The van der Waals surface area contributed by atoms with Crippen LogP contribution in [0.25, 0.3) is 0 Å². The maximum Gasteiger partial charge on any atom is 0.122 e. The van der Waals surface area contributed by atoms with E-state index in [0.717, 1.165) is 42.3 Å². The van der Waals surface area contributed by atoms with Crippen LogP contribution in [0.15, 0.2) is 18.2 Å². The molecule has 1 rings (SSSR count). The zero-order valence-electron chi connectivity index (χ0n) is 13.9. The van der Waals surface area contributed by atoms with E-state index in [2.05, 4.69) is 32.6 Å². The third-order valence-corrected chi connectivity index (χ3v) is 4.92. The largest absolute Gasteiger partial charge is 0.496 e. The zero-order chi connectivity index (χ0) is 16.0. The Morgan fingerprint density at radius 1 is 1.29 bits per heavy atom. The van der Waals surface area contributed by atoms with Gasteiger partial charge in [-0.1, -0.05) is 32.4 Å². The summed E-state index contributed by atoms with van der Waals surface area (Å²) in [7, 11) is 1.68. The van der Waals surface area contributed by atoms with Crippen molar-refractivity contribution in [3.8, 4) is 5.75 Å². The van der Waals surface area contributed by atoms with Crippen molar-refractivity contribution in [3.63, 3.8) is 0 Å². The number of nitrogens with two attached hydrogens (primary N) is 1. The molecule has 0 amide bonds.